The van der Waals surface area contributed by atoms with Crippen LogP contribution in [-0.4, -0.2) is 29.1 Å². The summed E-state index contributed by atoms with van der Waals surface area (Å²) in [4.78, 5) is 17.4. The molecule has 3 rings (SSSR count). The Hall–Kier alpha value is -1.81. The van der Waals surface area contributed by atoms with E-state index in [-0.39, 0.29) is 5.92 Å². The largest absolute Gasteiger partial charge is 0.481 e. The maximum absolute atomic E-state index is 10.8. The monoisotopic (exact) mass is 276 g/mol. The van der Waals surface area contributed by atoms with Gasteiger partial charge in [-0.1, -0.05) is 17.7 Å². The highest BCUT2D eigenvalue weighted by molar-refractivity contribution is 6.32. The molecule has 98 valence electrons. The van der Waals surface area contributed by atoms with Crippen LogP contribution in [0.2, 0.25) is 5.02 Å². The van der Waals surface area contributed by atoms with Crippen LogP contribution in [-0.2, 0) is 4.79 Å². The lowest BCUT2D eigenvalue weighted by Crippen LogP contribution is -2.50. The average molecular weight is 277 g/mol. The number of carboxylic acid groups (broad SMARTS) is 1. The molecular weight excluding hydrogens is 264 g/mol. The number of aromatic nitrogens is 1. The van der Waals surface area contributed by atoms with Gasteiger partial charge in [-0.05, 0) is 30.7 Å². The zero-order valence-electron chi connectivity index (χ0n) is 10.4. The lowest BCUT2D eigenvalue weighted by Gasteiger charge is -2.37. The Morgan fingerprint density at radius 2 is 2.05 bits per heavy atom. The molecule has 0 spiro atoms. The number of halogens is 1. The van der Waals surface area contributed by atoms with E-state index in [0.717, 1.165) is 22.3 Å². The minimum Gasteiger partial charge on any atom is -0.481 e. The molecule has 1 fully saturated rings. The number of hydrogen-bond acceptors (Lipinski definition) is 3. The minimum atomic E-state index is -0.740. The van der Waals surface area contributed by atoms with Gasteiger partial charge in [-0.3, -0.25) is 4.79 Å². The van der Waals surface area contributed by atoms with Crippen molar-refractivity contribution in [2.45, 2.75) is 6.92 Å². The summed E-state index contributed by atoms with van der Waals surface area (Å²) in [5.41, 5.74) is 1.83. The Morgan fingerprint density at radius 1 is 1.37 bits per heavy atom. The van der Waals surface area contributed by atoms with Gasteiger partial charge in [0.2, 0.25) is 0 Å². The van der Waals surface area contributed by atoms with E-state index in [2.05, 4.69) is 4.98 Å². The number of rotatable bonds is 2. The van der Waals surface area contributed by atoms with Crippen LogP contribution in [0.25, 0.3) is 10.9 Å². The Kier molecular flexibility index (Phi) is 2.82. The molecule has 1 N–H and O–H groups in total. The number of nitrogens with zero attached hydrogens (tertiary/aromatic N) is 2. The topological polar surface area (TPSA) is 53.4 Å². The van der Waals surface area contributed by atoms with Gasteiger partial charge < -0.3 is 10.0 Å². The summed E-state index contributed by atoms with van der Waals surface area (Å²) in [5.74, 6) is -0.204. The molecule has 0 radical (unpaired) electrons. The maximum atomic E-state index is 10.8. The van der Waals surface area contributed by atoms with Crippen LogP contribution in [0.15, 0.2) is 24.3 Å². The van der Waals surface area contributed by atoms with E-state index in [1.807, 2.05) is 36.1 Å². The molecule has 2 heterocycles. The number of carbonyl (C=O) groups is 1. The van der Waals surface area contributed by atoms with E-state index in [1.165, 1.54) is 0 Å². The van der Waals surface area contributed by atoms with Crippen molar-refractivity contribution >= 4 is 34.3 Å². The van der Waals surface area contributed by atoms with Crippen molar-refractivity contribution in [3.05, 3.63) is 34.9 Å². The first kappa shape index (κ1) is 12.2. The zero-order chi connectivity index (χ0) is 13.6. The van der Waals surface area contributed by atoms with Crippen LogP contribution < -0.4 is 4.90 Å². The second-order valence-electron chi connectivity index (χ2n) is 4.85. The number of aliphatic carboxylic acids is 1. The molecule has 1 aliphatic rings. The summed E-state index contributed by atoms with van der Waals surface area (Å²) in [5, 5.41) is 10.6. The minimum absolute atomic E-state index is 0.280. The van der Waals surface area contributed by atoms with Gasteiger partial charge in [-0.25, -0.2) is 4.98 Å². The summed E-state index contributed by atoms with van der Waals surface area (Å²) >= 11 is 6.10. The van der Waals surface area contributed by atoms with Gasteiger partial charge >= 0.3 is 5.97 Å². The van der Waals surface area contributed by atoms with E-state index >= 15 is 0 Å². The van der Waals surface area contributed by atoms with Gasteiger partial charge in [0, 0.05) is 23.5 Å². The highest BCUT2D eigenvalue weighted by Gasteiger charge is 2.33. The smallest absolute Gasteiger partial charge is 0.310 e. The third-order valence-electron chi connectivity index (χ3n) is 3.59. The molecule has 5 heteroatoms. The van der Waals surface area contributed by atoms with Crippen LogP contribution in [0.1, 0.15) is 5.56 Å². The third kappa shape index (κ3) is 2.02. The first-order valence-corrected chi connectivity index (χ1v) is 6.47. The molecular formula is C14H13ClN2O2. The van der Waals surface area contributed by atoms with Gasteiger partial charge in [0.15, 0.2) is 0 Å². The number of benzene rings is 1. The fourth-order valence-electron chi connectivity index (χ4n) is 2.29. The molecule has 1 saturated heterocycles. The Labute approximate surface area is 115 Å². The van der Waals surface area contributed by atoms with E-state index in [1.54, 1.807) is 0 Å². The van der Waals surface area contributed by atoms with Crippen molar-refractivity contribution in [1.82, 2.24) is 4.98 Å². The number of aryl methyl sites for hydroxylation is 1. The summed E-state index contributed by atoms with van der Waals surface area (Å²) in [7, 11) is 0. The zero-order valence-corrected chi connectivity index (χ0v) is 11.2. The fraction of sp³-hybridized carbons (Fsp3) is 0.286. The third-order valence-corrected chi connectivity index (χ3v) is 4.00. The number of carboxylic acids is 1. The van der Waals surface area contributed by atoms with E-state index in [4.69, 9.17) is 16.7 Å². The molecule has 0 aliphatic carbocycles. The normalized spacial score (nSPS) is 15.6. The molecule has 1 aliphatic heterocycles. The number of anilines is 1. The summed E-state index contributed by atoms with van der Waals surface area (Å²) in [6.07, 6.45) is 0. The molecule has 4 nitrogen and oxygen atoms in total. The summed E-state index contributed by atoms with van der Waals surface area (Å²) in [6.45, 7) is 2.98. The van der Waals surface area contributed by atoms with Gasteiger partial charge in [0.1, 0.15) is 5.82 Å². The SMILES string of the molecule is Cc1c(Cl)ccc2ccc(N3CC(C(=O)O)C3)nc12. The average Bonchev–Trinajstić information content (AvgIpc) is 2.32. The number of pyridine rings is 1. The van der Waals surface area contributed by atoms with Crippen LogP contribution >= 0.6 is 11.6 Å². The molecule has 1 aromatic heterocycles. The highest BCUT2D eigenvalue weighted by Crippen LogP contribution is 2.28. The van der Waals surface area contributed by atoms with Crippen molar-refractivity contribution in [1.29, 1.82) is 0 Å². The van der Waals surface area contributed by atoms with Crippen molar-refractivity contribution in [3.8, 4) is 0 Å². The van der Waals surface area contributed by atoms with Gasteiger partial charge in [0.25, 0.3) is 0 Å². The first-order chi connectivity index (χ1) is 9.06. The first-order valence-electron chi connectivity index (χ1n) is 6.10. The van der Waals surface area contributed by atoms with Gasteiger partial charge in [0.05, 0.1) is 11.4 Å². The van der Waals surface area contributed by atoms with Crippen LogP contribution in [0.5, 0.6) is 0 Å². The lowest BCUT2D eigenvalue weighted by atomic mass is 10.0. The van der Waals surface area contributed by atoms with Crippen molar-refractivity contribution < 1.29 is 9.90 Å². The Morgan fingerprint density at radius 3 is 2.74 bits per heavy atom. The molecule has 0 bridgehead atoms. The predicted octanol–water partition coefficient (Wildman–Crippen LogP) is 2.72. The van der Waals surface area contributed by atoms with Crippen molar-refractivity contribution in [3.63, 3.8) is 0 Å². The molecule has 0 amide bonds. The summed E-state index contributed by atoms with van der Waals surface area (Å²) < 4.78 is 0. The fourth-order valence-corrected chi connectivity index (χ4v) is 2.45. The molecule has 19 heavy (non-hydrogen) atoms. The second-order valence-corrected chi connectivity index (χ2v) is 5.26. The van der Waals surface area contributed by atoms with E-state index < -0.39 is 5.97 Å². The van der Waals surface area contributed by atoms with E-state index in [0.29, 0.717) is 18.1 Å². The molecule has 0 atom stereocenters. The standard InChI is InChI=1S/C14H13ClN2O2/c1-8-11(15)4-2-9-3-5-12(16-13(8)9)17-6-10(7-17)14(18)19/h2-5,10H,6-7H2,1H3,(H,18,19). The maximum Gasteiger partial charge on any atom is 0.310 e. The predicted molar refractivity (Wildman–Crippen MR) is 74.8 cm³/mol. The second kappa shape index (κ2) is 4.38. The van der Waals surface area contributed by atoms with Crippen molar-refractivity contribution in [2.75, 3.05) is 18.0 Å². The highest BCUT2D eigenvalue weighted by atomic mass is 35.5. The number of fused-ring (bicyclic) bond motifs is 1. The van der Waals surface area contributed by atoms with Gasteiger partial charge in [-0.15, -0.1) is 0 Å². The molecule has 1 aromatic carbocycles. The van der Waals surface area contributed by atoms with Crippen LogP contribution in [0.3, 0.4) is 0 Å². The number of hydrogen-bond donors (Lipinski definition) is 1. The molecule has 0 unspecified atom stereocenters. The molecule has 0 saturated carbocycles. The Balaban J connectivity index is 1.94. The van der Waals surface area contributed by atoms with Crippen LogP contribution in [0, 0.1) is 12.8 Å². The van der Waals surface area contributed by atoms with E-state index in [9.17, 15) is 4.79 Å². The Bertz CT molecular complexity index is 666. The molecule has 2 aromatic rings. The lowest BCUT2D eigenvalue weighted by molar-refractivity contribution is -0.142. The van der Waals surface area contributed by atoms with Gasteiger partial charge in [-0.2, -0.15) is 0 Å². The van der Waals surface area contributed by atoms with Crippen LogP contribution in [0.4, 0.5) is 5.82 Å². The van der Waals surface area contributed by atoms with Crippen molar-refractivity contribution in [2.24, 2.45) is 5.92 Å². The quantitative estimate of drug-likeness (QED) is 0.916. The summed E-state index contributed by atoms with van der Waals surface area (Å²) in [6, 6.07) is 7.73.